The molecule has 1 aliphatic rings. The Morgan fingerprint density at radius 1 is 1.28 bits per heavy atom. The van der Waals surface area contributed by atoms with E-state index in [0.717, 1.165) is 19.6 Å². The number of benzene rings is 1. The Morgan fingerprint density at radius 2 is 2.00 bits per heavy atom. The summed E-state index contributed by atoms with van der Waals surface area (Å²) >= 11 is 0. The van der Waals surface area contributed by atoms with Crippen LogP contribution in [0.5, 0.6) is 0 Å². The van der Waals surface area contributed by atoms with Gasteiger partial charge in [-0.1, -0.05) is 23.8 Å². The van der Waals surface area contributed by atoms with E-state index in [1.807, 2.05) is 0 Å². The van der Waals surface area contributed by atoms with Gasteiger partial charge in [-0.25, -0.2) is 0 Å². The molecule has 1 atom stereocenters. The molecule has 1 N–H and O–H groups in total. The first-order valence-corrected chi connectivity index (χ1v) is 6.96. The lowest BCUT2D eigenvalue weighted by Crippen LogP contribution is -2.58. The van der Waals surface area contributed by atoms with E-state index in [1.165, 1.54) is 16.7 Å². The van der Waals surface area contributed by atoms with Crippen LogP contribution in [-0.2, 0) is 0 Å². The van der Waals surface area contributed by atoms with Crippen molar-refractivity contribution in [2.24, 2.45) is 0 Å². The van der Waals surface area contributed by atoms with E-state index in [2.05, 4.69) is 63.0 Å². The van der Waals surface area contributed by atoms with Crippen LogP contribution >= 0.6 is 0 Å². The fourth-order valence-corrected chi connectivity index (χ4v) is 3.09. The van der Waals surface area contributed by atoms with Crippen LogP contribution in [0.2, 0.25) is 0 Å². The number of hydrogen-bond donors (Lipinski definition) is 1. The molecule has 0 spiro atoms. The first-order chi connectivity index (χ1) is 8.42. The summed E-state index contributed by atoms with van der Waals surface area (Å²) in [4.78, 5) is 2.63. The minimum Gasteiger partial charge on any atom is -0.314 e. The standard InChI is InChI=1S/C16H26N2/c1-12-6-7-13(2)15(10-12)14(3)18-9-8-17-11-16(18,4)5/h6-7,10,14,17H,8-9,11H2,1-5H3. The summed E-state index contributed by atoms with van der Waals surface area (Å²) in [6, 6.07) is 7.28. The van der Waals surface area contributed by atoms with Crippen molar-refractivity contribution in [3.8, 4) is 0 Å². The molecular formula is C16H26N2. The van der Waals surface area contributed by atoms with Gasteiger partial charge in [0.25, 0.3) is 0 Å². The third-order valence-corrected chi connectivity index (χ3v) is 4.22. The highest BCUT2D eigenvalue weighted by molar-refractivity contribution is 5.33. The first kappa shape index (κ1) is 13.6. The Labute approximate surface area is 111 Å². The highest BCUT2D eigenvalue weighted by Crippen LogP contribution is 2.31. The van der Waals surface area contributed by atoms with E-state index in [1.54, 1.807) is 0 Å². The lowest BCUT2D eigenvalue weighted by molar-refractivity contribution is 0.0514. The summed E-state index contributed by atoms with van der Waals surface area (Å²) in [6.07, 6.45) is 0. The van der Waals surface area contributed by atoms with Crippen LogP contribution in [0, 0.1) is 13.8 Å². The molecule has 0 radical (unpaired) electrons. The van der Waals surface area contributed by atoms with Gasteiger partial charge >= 0.3 is 0 Å². The quantitative estimate of drug-likeness (QED) is 0.863. The average Bonchev–Trinajstić information content (AvgIpc) is 2.31. The molecule has 1 aromatic carbocycles. The SMILES string of the molecule is Cc1ccc(C)c(C(C)N2CCNCC2(C)C)c1. The van der Waals surface area contributed by atoms with Crippen molar-refractivity contribution >= 4 is 0 Å². The van der Waals surface area contributed by atoms with Gasteiger partial charge in [-0.2, -0.15) is 0 Å². The highest BCUT2D eigenvalue weighted by atomic mass is 15.3. The van der Waals surface area contributed by atoms with Gasteiger partial charge < -0.3 is 5.32 Å². The summed E-state index contributed by atoms with van der Waals surface area (Å²) < 4.78 is 0. The summed E-state index contributed by atoms with van der Waals surface area (Å²) in [5.41, 5.74) is 4.47. The van der Waals surface area contributed by atoms with E-state index in [0.29, 0.717) is 6.04 Å². The van der Waals surface area contributed by atoms with Crippen LogP contribution in [0.4, 0.5) is 0 Å². The molecule has 0 aromatic heterocycles. The maximum atomic E-state index is 3.50. The van der Waals surface area contributed by atoms with E-state index in [4.69, 9.17) is 0 Å². The van der Waals surface area contributed by atoms with Crippen LogP contribution in [0.25, 0.3) is 0 Å². The molecule has 1 fully saturated rings. The average molecular weight is 246 g/mol. The fraction of sp³-hybridized carbons (Fsp3) is 0.625. The fourth-order valence-electron chi connectivity index (χ4n) is 3.09. The number of aryl methyl sites for hydroxylation is 2. The molecule has 2 rings (SSSR count). The van der Waals surface area contributed by atoms with E-state index >= 15 is 0 Å². The van der Waals surface area contributed by atoms with Crippen molar-refractivity contribution in [3.05, 3.63) is 34.9 Å². The molecule has 0 saturated carbocycles. The summed E-state index contributed by atoms with van der Waals surface area (Å²) in [7, 11) is 0. The molecule has 1 aliphatic heterocycles. The van der Waals surface area contributed by atoms with Crippen LogP contribution in [0.1, 0.15) is 43.5 Å². The predicted octanol–water partition coefficient (Wildman–Crippen LogP) is 3.05. The van der Waals surface area contributed by atoms with Crippen molar-refractivity contribution in [1.82, 2.24) is 10.2 Å². The topological polar surface area (TPSA) is 15.3 Å². The van der Waals surface area contributed by atoms with Gasteiger partial charge in [0.2, 0.25) is 0 Å². The third kappa shape index (κ3) is 2.60. The molecular weight excluding hydrogens is 220 g/mol. The van der Waals surface area contributed by atoms with Gasteiger partial charge in [0.1, 0.15) is 0 Å². The largest absolute Gasteiger partial charge is 0.314 e. The Bertz CT molecular complexity index is 423. The zero-order valence-corrected chi connectivity index (χ0v) is 12.4. The second kappa shape index (κ2) is 5.02. The zero-order chi connectivity index (χ0) is 13.3. The van der Waals surface area contributed by atoms with Gasteiger partial charge in [-0.05, 0) is 45.7 Å². The Morgan fingerprint density at radius 3 is 2.67 bits per heavy atom. The molecule has 2 nitrogen and oxygen atoms in total. The van der Waals surface area contributed by atoms with Gasteiger partial charge in [0.05, 0.1) is 0 Å². The smallest absolute Gasteiger partial charge is 0.0328 e. The summed E-state index contributed by atoms with van der Waals surface area (Å²) in [5, 5.41) is 3.50. The molecule has 2 heteroatoms. The maximum absolute atomic E-state index is 3.50. The molecule has 0 bridgehead atoms. The zero-order valence-electron chi connectivity index (χ0n) is 12.4. The first-order valence-electron chi connectivity index (χ1n) is 6.96. The Balaban J connectivity index is 2.29. The van der Waals surface area contributed by atoms with Gasteiger partial charge in [-0.3, -0.25) is 4.90 Å². The number of nitrogens with zero attached hydrogens (tertiary/aromatic N) is 1. The van der Waals surface area contributed by atoms with Crippen molar-refractivity contribution < 1.29 is 0 Å². The Hall–Kier alpha value is -0.860. The molecule has 1 saturated heterocycles. The van der Waals surface area contributed by atoms with Gasteiger partial charge in [0, 0.05) is 31.2 Å². The van der Waals surface area contributed by atoms with E-state index in [-0.39, 0.29) is 5.54 Å². The van der Waals surface area contributed by atoms with Crippen molar-refractivity contribution in [3.63, 3.8) is 0 Å². The highest BCUT2D eigenvalue weighted by Gasteiger charge is 2.33. The molecule has 1 heterocycles. The molecule has 1 aromatic rings. The van der Waals surface area contributed by atoms with Crippen LogP contribution in [0.3, 0.4) is 0 Å². The number of hydrogen-bond acceptors (Lipinski definition) is 2. The summed E-state index contributed by atoms with van der Waals surface area (Å²) in [5.74, 6) is 0. The maximum Gasteiger partial charge on any atom is 0.0328 e. The number of rotatable bonds is 2. The Kier molecular flexibility index (Phi) is 3.79. The third-order valence-electron chi connectivity index (χ3n) is 4.22. The minimum atomic E-state index is 0.230. The molecule has 0 amide bonds. The lowest BCUT2D eigenvalue weighted by atomic mass is 9.92. The monoisotopic (exact) mass is 246 g/mol. The second-order valence-electron chi connectivity index (χ2n) is 6.22. The molecule has 0 aliphatic carbocycles. The minimum absolute atomic E-state index is 0.230. The molecule has 100 valence electrons. The van der Waals surface area contributed by atoms with E-state index in [9.17, 15) is 0 Å². The van der Waals surface area contributed by atoms with Crippen molar-refractivity contribution in [2.75, 3.05) is 19.6 Å². The van der Waals surface area contributed by atoms with Crippen molar-refractivity contribution in [1.29, 1.82) is 0 Å². The predicted molar refractivity (Wildman–Crippen MR) is 78.0 cm³/mol. The lowest BCUT2D eigenvalue weighted by Gasteiger charge is -2.46. The number of piperazine rings is 1. The summed E-state index contributed by atoms with van der Waals surface area (Å²) in [6.45, 7) is 14.7. The van der Waals surface area contributed by atoms with Crippen LogP contribution in [0.15, 0.2) is 18.2 Å². The van der Waals surface area contributed by atoms with Gasteiger partial charge in [-0.15, -0.1) is 0 Å². The molecule has 18 heavy (non-hydrogen) atoms. The molecule has 1 unspecified atom stereocenters. The second-order valence-corrected chi connectivity index (χ2v) is 6.22. The van der Waals surface area contributed by atoms with E-state index < -0.39 is 0 Å². The van der Waals surface area contributed by atoms with Crippen molar-refractivity contribution in [2.45, 2.75) is 46.2 Å². The number of nitrogens with one attached hydrogen (secondary N) is 1. The normalized spacial score (nSPS) is 21.8. The van der Waals surface area contributed by atoms with Gasteiger partial charge in [0.15, 0.2) is 0 Å². The van der Waals surface area contributed by atoms with Crippen LogP contribution in [-0.4, -0.2) is 30.1 Å². The van der Waals surface area contributed by atoms with Crippen LogP contribution < -0.4 is 5.32 Å².